The van der Waals surface area contributed by atoms with Crippen LogP contribution in [0.2, 0.25) is 0 Å². The van der Waals surface area contributed by atoms with Gasteiger partial charge in [0.25, 0.3) is 0 Å². The number of nitrogens with zero attached hydrogens (tertiary/aromatic N) is 1. The van der Waals surface area contributed by atoms with Crippen molar-refractivity contribution in [1.82, 2.24) is 10.2 Å². The molecule has 124 valence electrons. The van der Waals surface area contributed by atoms with E-state index in [1.54, 1.807) is 7.11 Å². The van der Waals surface area contributed by atoms with Gasteiger partial charge in [-0.25, -0.2) is 0 Å². The highest BCUT2D eigenvalue weighted by Crippen LogP contribution is 2.21. The van der Waals surface area contributed by atoms with Crippen LogP contribution in [0.3, 0.4) is 0 Å². The van der Waals surface area contributed by atoms with Crippen LogP contribution in [0.5, 0.6) is 0 Å². The lowest BCUT2D eigenvalue weighted by molar-refractivity contribution is -0.131. The third-order valence-corrected chi connectivity index (χ3v) is 4.19. The van der Waals surface area contributed by atoms with Gasteiger partial charge in [-0.3, -0.25) is 10.1 Å². The zero-order valence-corrected chi connectivity index (χ0v) is 14.1. The highest BCUT2D eigenvalue weighted by atomic mass is 16.5. The van der Waals surface area contributed by atoms with Crippen molar-refractivity contribution >= 4 is 5.91 Å². The molecular weight excluding hydrogens is 268 g/mol. The Labute approximate surface area is 129 Å². The average molecular weight is 300 g/mol. The summed E-state index contributed by atoms with van der Waals surface area (Å²) in [6.45, 7) is 9.15. The molecule has 1 saturated heterocycles. The number of carbonyl (C=O) groups excluding carboxylic acids is 1. The minimum absolute atomic E-state index is 0.0130. The Morgan fingerprint density at radius 1 is 1.29 bits per heavy atom. The van der Waals surface area contributed by atoms with Crippen molar-refractivity contribution in [3.63, 3.8) is 0 Å². The first-order valence-electron chi connectivity index (χ1n) is 8.28. The molecular formula is C16H32N2O3. The molecule has 0 spiro atoms. The Kier molecular flexibility index (Phi) is 8.88. The molecule has 0 aromatic carbocycles. The van der Waals surface area contributed by atoms with Gasteiger partial charge >= 0.3 is 0 Å². The first-order chi connectivity index (χ1) is 10.2. The molecule has 5 heteroatoms. The lowest BCUT2D eigenvalue weighted by Gasteiger charge is -2.23. The summed E-state index contributed by atoms with van der Waals surface area (Å²) >= 11 is 0. The number of methoxy groups -OCH3 is 1. The monoisotopic (exact) mass is 300 g/mol. The molecule has 0 saturated carbocycles. The fourth-order valence-corrected chi connectivity index (χ4v) is 2.70. The number of amides is 1. The van der Waals surface area contributed by atoms with Crippen molar-refractivity contribution in [2.75, 3.05) is 33.5 Å². The maximum absolute atomic E-state index is 12.6. The van der Waals surface area contributed by atoms with Crippen LogP contribution in [0, 0.1) is 5.92 Å². The van der Waals surface area contributed by atoms with Crippen LogP contribution in [0.4, 0.5) is 0 Å². The SMILES string of the molecule is CCCC1NC(C(C)CC)C(=O)N1CCCOCCOC. The molecule has 1 fully saturated rings. The molecule has 0 aliphatic carbocycles. The van der Waals surface area contributed by atoms with Gasteiger partial charge in [0, 0.05) is 20.3 Å². The summed E-state index contributed by atoms with van der Waals surface area (Å²) in [5, 5.41) is 3.52. The zero-order chi connectivity index (χ0) is 15.7. The number of nitrogens with one attached hydrogen (secondary N) is 1. The van der Waals surface area contributed by atoms with Crippen LogP contribution in [0.1, 0.15) is 46.5 Å². The molecule has 21 heavy (non-hydrogen) atoms. The van der Waals surface area contributed by atoms with E-state index in [-0.39, 0.29) is 18.1 Å². The highest BCUT2D eigenvalue weighted by Gasteiger charge is 2.39. The quantitative estimate of drug-likeness (QED) is 0.593. The molecule has 3 atom stereocenters. The van der Waals surface area contributed by atoms with Gasteiger partial charge < -0.3 is 14.4 Å². The van der Waals surface area contributed by atoms with Gasteiger partial charge in [-0.2, -0.15) is 0 Å². The van der Waals surface area contributed by atoms with Crippen LogP contribution >= 0.6 is 0 Å². The zero-order valence-electron chi connectivity index (χ0n) is 14.1. The Bertz CT molecular complexity index is 299. The second-order valence-electron chi connectivity index (χ2n) is 5.82. The summed E-state index contributed by atoms with van der Waals surface area (Å²) in [4.78, 5) is 14.6. The third-order valence-electron chi connectivity index (χ3n) is 4.19. The second-order valence-corrected chi connectivity index (χ2v) is 5.82. The lowest BCUT2D eigenvalue weighted by Crippen LogP contribution is -2.38. The number of hydrogen-bond acceptors (Lipinski definition) is 4. The van der Waals surface area contributed by atoms with Crippen LogP contribution in [0.25, 0.3) is 0 Å². The molecule has 1 rings (SSSR count). The van der Waals surface area contributed by atoms with E-state index in [9.17, 15) is 4.79 Å². The second kappa shape index (κ2) is 10.1. The standard InChI is InChI=1S/C16H32N2O3/c1-5-8-14-17-15(13(3)6-2)16(19)18(14)9-7-10-21-12-11-20-4/h13-15,17H,5-12H2,1-4H3. The van der Waals surface area contributed by atoms with Crippen molar-refractivity contribution in [1.29, 1.82) is 0 Å². The van der Waals surface area contributed by atoms with Gasteiger partial charge in [0.05, 0.1) is 25.4 Å². The van der Waals surface area contributed by atoms with E-state index in [2.05, 4.69) is 26.1 Å². The summed E-state index contributed by atoms with van der Waals surface area (Å²) < 4.78 is 10.4. The van der Waals surface area contributed by atoms with Gasteiger partial charge in [0.15, 0.2) is 0 Å². The molecule has 1 aliphatic heterocycles. The summed E-state index contributed by atoms with van der Waals surface area (Å²) in [7, 11) is 1.67. The summed E-state index contributed by atoms with van der Waals surface area (Å²) in [5.41, 5.74) is 0. The van der Waals surface area contributed by atoms with Gasteiger partial charge in [-0.05, 0) is 18.8 Å². The van der Waals surface area contributed by atoms with Crippen LogP contribution < -0.4 is 5.32 Å². The van der Waals surface area contributed by atoms with E-state index in [1.165, 1.54) is 0 Å². The van der Waals surface area contributed by atoms with E-state index in [1.807, 2.05) is 4.90 Å². The maximum atomic E-state index is 12.6. The molecule has 1 aliphatic rings. The molecule has 0 aromatic heterocycles. The largest absolute Gasteiger partial charge is 0.382 e. The molecule has 5 nitrogen and oxygen atoms in total. The smallest absolute Gasteiger partial charge is 0.241 e. The van der Waals surface area contributed by atoms with Crippen LogP contribution in [-0.2, 0) is 14.3 Å². The number of ether oxygens (including phenoxy) is 2. The Balaban J connectivity index is 2.42. The highest BCUT2D eigenvalue weighted by molar-refractivity contribution is 5.84. The number of hydrogen-bond donors (Lipinski definition) is 1. The first kappa shape index (κ1) is 18.4. The summed E-state index contributed by atoms with van der Waals surface area (Å²) in [6, 6.07) is -0.0130. The van der Waals surface area contributed by atoms with Crippen LogP contribution in [-0.4, -0.2) is 56.5 Å². The van der Waals surface area contributed by atoms with Gasteiger partial charge in [-0.1, -0.05) is 33.6 Å². The minimum Gasteiger partial charge on any atom is -0.382 e. The topological polar surface area (TPSA) is 50.8 Å². The lowest BCUT2D eigenvalue weighted by atomic mass is 9.99. The molecule has 0 radical (unpaired) electrons. The van der Waals surface area contributed by atoms with E-state index in [0.29, 0.717) is 25.7 Å². The number of carbonyl (C=O) groups is 1. The molecule has 0 aromatic rings. The Morgan fingerprint density at radius 3 is 2.67 bits per heavy atom. The average Bonchev–Trinajstić information content (AvgIpc) is 2.79. The number of rotatable bonds is 11. The first-order valence-corrected chi connectivity index (χ1v) is 8.28. The molecule has 1 amide bonds. The van der Waals surface area contributed by atoms with Crippen molar-refractivity contribution in [3.8, 4) is 0 Å². The predicted molar refractivity (Wildman–Crippen MR) is 84.1 cm³/mol. The van der Waals surface area contributed by atoms with Crippen LogP contribution in [0.15, 0.2) is 0 Å². The molecule has 1 heterocycles. The van der Waals surface area contributed by atoms with E-state index >= 15 is 0 Å². The van der Waals surface area contributed by atoms with Gasteiger partial charge in [0.2, 0.25) is 5.91 Å². The van der Waals surface area contributed by atoms with Crippen molar-refractivity contribution in [3.05, 3.63) is 0 Å². The summed E-state index contributed by atoms with van der Waals surface area (Å²) in [6.07, 6.45) is 4.20. The fraction of sp³-hybridized carbons (Fsp3) is 0.938. The minimum atomic E-state index is -0.0130. The molecule has 3 unspecified atom stereocenters. The molecule has 1 N–H and O–H groups in total. The van der Waals surface area contributed by atoms with Crippen molar-refractivity contribution < 1.29 is 14.3 Å². The Morgan fingerprint density at radius 2 is 2.05 bits per heavy atom. The van der Waals surface area contributed by atoms with Gasteiger partial charge in [-0.15, -0.1) is 0 Å². The van der Waals surface area contributed by atoms with Crippen molar-refractivity contribution in [2.24, 2.45) is 5.92 Å². The normalized spacial score (nSPS) is 23.8. The van der Waals surface area contributed by atoms with E-state index in [4.69, 9.17) is 9.47 Å². The Hall–Kier alpha value is -0.650. The van der Waals surface area contributed by atoms with Gasteiger partial charge in [0.1, 0.15) is 0 Å². The summed E-state index contributed by atoms with van der Waals surface area (Å²) in [5.74, 6) is 0.652. The van der Waals surface area contributed by atoms with E-state index in [0.717, 1.165) is 32.2 Å². The third kappa shape index (κ3) is 5.57. The van der Waals surface area contributed by atoms with Crippen molar-refractivity contribution in [2.45, 2.75) is 58.7 Å². The van der Waals surface area contributed by atoms with E-state index < -0.39 is 0 Å². The fourth-order valence-electron chi connectivity index (χ4n) is 2.70. The molecule has 0 bridgehead atoms. The maximum Gasteiger partial charge on any atom is 0.241 e. The predicted octanol–water partition coefficient (Wildman–Crippen LogP) is 2.01.